The van der Waals surface area contributed by atoms with Crippen molar-refractivity contribution in [3.8, 4) is 45.3 Å². The van der Waals surface area contributed by atoms with Crippen LogP contribution < -0.4 is 9.47 Å². The zero-order chi connectivity index (χ0) is 46.7. The van der Waals surface area contributed by atoms with Gasteiger partial charge in [0.2, 0.25) is 0 Å². The maximum Gasteiger partial charge on any atom is 0.306 e. The van der Waals surface area contributed by atoms with Gasteiger partial charge in [-0.1, -0.05) is 159 Å². The van der Waals surface area contributed by atoms with Crippen LogP contribution in [0.1, 0.15) is 99.3 Å². The zero-order valence-electron chi connectivity index (χ0n) is 37.1. The summed E-state index contributed by atoms with van der Waals surface area (Å²) in [6.07, 6.45) is 8.28. The van der Waals surface area contributed by atoms with Gasteiger partial charge in [0.15, 0.2) is 0 Å². The van der Waals surface area contributed by atoms with Crippen molar-refractivity contribution in [3.63, 3.8) is 0 Å². The highest BCUT2D eigenvalue weighted by Gasteiger charge is 2.19. The predicted molar refractivity (Wildman–Crippen MR) is 270 cm³/mol. The molecular weight excluding hydrogens is 865 g/mol. The Labute approximate surface area is 398 Å². The van der Waals surface area contributed by atoms with Crippen molar-refractivity contribution in [3.05, 3.63) is 168 Å². The summed E-state index contributed by atoms with van der Waals surface area (Å²) >= 11 is 11.4. The van der Waals surface area contributed by atoms with E-state index in [0.717, 1.165) is 59.1 Å². The van der Waals surface area contributed by atoms with Crippen LogP contribution in [0.2, 0.25) is 0 Å². The second-order valence-electron chi connectivity index (χ2n) is 16.7. The van der Waals surface area contributed by atoms with Gasteiger partial charge in [-0.3, -0.25) is 9.59 Å². The molecule has 8 nitrogen and oxygen atoms in total. The smallest absolute Gasteiger partial charge is 0.306 e. The van der Waals surface area contributed by atoms with Crippen LogP contribution >= 0.6 is 24.4 Å². The van der Waals surface area contributed by atoms with E-state index in [-0.39, 0.29) is 11.5 Å². The number of carbonyl (C=O) groups is 2. The fraction of sp³-hybridized carbons (Fsp3) is 0.286. The minimum absolute atomic E-state index is 0.0426. The molecule has 6 aromatic rings. The summed E-state index contributed by atoms with van der Waals surface area (Å²) in [7, 11) is 0. The Morgan fingerprint density at radius 1 is 0.424 bits per heavy atom. The number of carboxylic acid groups (broad SMARTS) is 2. The lowest BCUT2D eigenvalue weighted by Crippen LogP contribution is -2.14. The number of ether oxygens (including phenoxy) is 2. The maximum absolute atomic E-state index is 12.0. The van der Waals surface area contributed by atoms with E-state index in [9.17, 15) is 30.0 Å². The summed E-state index contributed by atoms with van der Waals surface area (Å²) < 4.78 is 11.8. The molecule has 4 N–H and O–H groups in total. The van der Waals surface area contributed by atoms with Gasteiger partial charge in [-0.2, -0.15) is 0 Å². The zero-order valence-corrected chi connectivity index (χ0v) is 38.8. The summed E-state index contributed by atoms with van der Waals surface area (Å²) in [6, 6.07) is 46.3. The van der Waals surface area contributed by atoms with Gasteiger partial charge in [-0.05, 0) is 109 Å². The van der Waals surface area contributed by atoms with Crippen LogP contribution in [0.15, 0.2) is 146 Å². The second kappa shape index (κ2) is 25.4. The molecule has 0 aromatic heterocycles. The van der Waals surface area contributed by atoms with Crippen LogP contribution in [-0.2, 0) is 9.59 Å². The Balaban J connectivity index is 0.815. The van der Waals surface area contributed by atoms with Crippen molar-refractivity contribution in [2.24, 2.45) is 11.8 Å². The van der Waals surface area contributed by atoms with Crippen molar-refractivity contribution in [2.75, 3.05) is 13.2 Å². The standard InChI is InChI=1S/C56H58O8S2/c57-51-37-47(31-33-49(51)53(65)43-27-23-41(24-28-43)39-15-7-3-8-16-39)63-35-13-11-21-45(55(59)60)19-5-1-2-6-20-46(56(61)62)22-12-14-36-64-48-32-34-50(52(58)38-48)54(66)44-29-25-42(26-30-44)40-17-9-4-10-18-40/h3-4,7-10,15-18,23-34,37-38,45-46,57-58H,1-2,5-6,11-14,19-22,35-36H2,(H,59,60)(H,61,62). The van der Waals surface area contributed by atoms with Gasteiger partial charge in [0.1, 0.15) is 23.0 Å². The highest BCUT2D eigenvalue weighted by atomic mass is 32.1. The highest BCUT2D eigenvalue weighted by molar-refractivity contribution is 7.81. The lowest BCUT2D eigenvalue weighted by molar-refractivity contribution is -0.143. The van der Waals surface area contributed by atoms with E-state index in [1.807, 2.05) is 84.9 Å². The average Bonchev–Trinajstić information content (AvgIpc) is 3.33. The van der Waals surface area contributed by atoms with Crippen LogP contribution in [0.4, 0.5) is 0 Å². The molecule has 0 fully saturated rings. The van der Waals surface area contributed by atoms with Gasteiger partial charge >= 0.3 is 11.9 Å². The number of unbranched alkanes of at least 4 members (excludes halogenated alkanes) is 5. The molecule has 6 rings (SSSR count). The number of benzene rings is 6. The van der Waals surface area contributed by atoms with Crippen LogP contribution in [0.3, 0.4) is 0 Å². The first-order valence-corrected chi connectivity index (χ1v) is 23.7. The molecule has 0 aliphatic heterocycles. The van der Waals surface area contributed by atoms with Crippen LogP contribution in [0, 0.1) is 11.8 Å². The predicted octanol–water partition coefficient (Wildman–Crippen LogP) is 13.5. The maximum atomic E-state index is 12.0. The van der Waals surface area contributed by atoms with E-state index < -0.39 is 23.8 Å². The van der Waals surface area contributed by atoms with Gasteiger partial charge < -0.3 is 29.9 Å². The number of thiocarbonyl (C=S) groups is 2. The minimum Gasteiger partial charge on any atom is -0.507 e. The lowest BCUT2D eigenvalue weighted by Gasteiger charge is -2.14. The third-order valence-corrected chi connectivity index (χ3v) is 12.8. The van der Waals surface area contributed by atoms with E-state index in [2.05, 4.69) is 24.3 Å². The quantitative estimate of drug-likeness (QED) is 0.0225. The Kier molecular flexibility index (Phi) is 18.9. The molecule has 2 unspecified atom stereocenters. The van der Waals surface area contributed by atoms with Crippen molar-refractivity contribution in [1.82, 2.24) is 0 Å². The first-order chi connectivity index (χ1) is 32.1. The third kappa shape index (κ3) is 14.6. The van der Waals surface area contributed by atoms with E-state index in [1.165, 1.54) is 0 Å². The largest absolute Gasteiger partial charge is 0.507 e. The van der Waals surface area contributed by atoms with Crippen molar-refractivity contribution >= 4 is 46.1 Å². The van der Waals surface area contributed by atoms with Crippen LogP contribution in [-0.4, -0.2) is 55.3 Å². The summed E-state index contributed by atoms with van der Waals surface area (Å²) in [5.41, 5.74) is 7.20. The summed E-state index contributed by atoms with van der Waals surface area (Å²) in [4.78, 5) is 25.1. The number of phenolic OH excluding ortho intramolecular Hbond substituents is 2. The van der Waals surface area contributed by atoms with Gasteiger partial charge in [-0.25, -0.2) is 0 Å². The Bertz CT molecular complexity index is 2330. The number of aromatic hydroxyl groups is 2. The molecule has 10 heteroatoms. The van der Waals surface area contributed by atoms with E-state index in [0.29, 0.717) is 96.9 Å². The number of carboxylic acids is 2. The lowest BCUT2D eigenvalue weighted by atomic mass is 9.93. The molecule has 0 aliphatic rings. The number of rotatable bonds is 27. The second-order valence-corrected chi connectivity index (χ2v) is 17.5. The number of hydrogen-bond donors (Lipinski definition) is 4. The monoisotopic (exact) mass is 922 g/mol. The van der Waals surface area contributed by atoms with E-state index in [4.69, 9.17) is 33.9 Å². The van der Waals surface area contributed by atoms with Crippen LogP contribution in [0.25, 0.3) is 22.3 Å². The molecule has 0 bridgehead atoms. The topological polar surface area (TPSA) is 134 Å². The molecule has 2 atom stereocenters. The summed E-state index contributed by atoms with van der Waals surface area (Å²) in [6.45, 7) is 0.796. The van der Waals surface area contributed by atoms with Gasteiger partial charge in [0.05, 0.1) is 34.8 Å². The van der Waals surface area contributed by atoms with Gasteiger partial charge in [-0.15, -0.1) is 0 Å². The minimum atomic E-state index is -0.795. The number of hydrogen-bond acceptors (Lipinski definition) is 8. The van der Waals surface area contributed by atoms with Crippen molar-refractivity contribution in [1.29, 1.82) is 0 Å². The Morgan fingerprint density at radius 3 is 1.09 bits per heavy atom. The fourth-order valence-electron chi connectivity index (χ4n) is 8.07. The summed E-state index contributed by atoms with van der Waals surface area (Å²) in [5.74, 6) is -1.33. The molecular formula is C56H58O8S2. The summed E-state index contributed by atoms with van der Waals surface area (Å²) in [5, 5.41) is 41.2. The number of aliphatic carboxylic acids is 2. The highest BCUT2D eigenvalue weighted by Crippen LogP contribution is 2.30. The molecule has 0 amide bonds. The third-order valence-electron chi connectivity index (χ3n) is 11.9. The first kappa shape index (κ1) is 49.1. The number of phenols is 2. The van der Waals surface area contributed by atoms with E-state index in [1.54, 1.807) is 36.4 Å². The average molecular weight is 923 g/mol. The fourth-order valence-corrected chi connectivity index (χ4v) is 8.69. The molecule has 0 saturated heterocycles. The molecule has 0 spiro atoms. The van der Waals surface area contributed by atoms with Gasteiger partial charge in [0, 0.05) is 23.3 Å². The van der Waals surface area contributed by atoms with Crippen molar-refractivity contribution in [2.45, 2.75) is 77.0 Å². The molecule has 0 saturated carbocycles. The molecule has 66 heavy (non-hydrogen) atoms. The van der Waals surface area contributed by atoms with E-state index >= 15 is 0 Å². The molecule has 6 aromatic carbocycles. The molecule has 0 aliphatic carbocycles. The SMILES string of the molecule is O=C(O)C(CCCCCCC(CCCCOc1ccc(C(=S)c2ccc(-c3ccccc3)cc2)c(O)c1)C(=O)O)CCCCOc1ccc(C(=S)c2ccc(-c3ccccc3)cc2)c(O)c1. The Morgan fingerprint density at radius 2 is 0.758 bits per heavy atom. The molecule has 0 heterocycles. The molecule has 342 valence electrons. The van der Waals surface area contributed by atoms with Crippen LogP contribution in [0.5, 0.6) is 23.0 Å². The Hall–Kier alpha value is -6.36. The van der Waals surface area contributed by atoms with Gasteiger partial charge in [0.25, 0.3) is 0 Å². The normalized spacial score (nSPS) is 11.9. The first-order valence-electron chi connectivity index (χ1n) is 22.8. The molecule has 0 radical (unpaired) electrons. The van der Waals surface area contributed by atoms with Crippen molar-refractivity contribution < 1.29 is 39.5 Å².